The van der Waals surface area contributed by atoms with E-state index in [1.165, 1.54) is 12.1 Å². The van der Waals surface area contributed by atoms with E-state index in [1.807, 2.05) is 0 Å². The molecule has 1 aromatic rings. The van der Waals surface area contributed by atoms with Gasteiger partial charge in [-0.05, 0) is 25.5 Å². The summed E-state index contributed by atoms with van der Waals surface area (Å²) in [4.78, 5) is 0. The van der Waals surface area contributed by atoms with Crippen LogP contribution in [-0.4, -0.2) is 6.54 Å². The molecule has 0 unspecified atom stereocenters. The van der Waals surface area contributed by atoms with Gasteiger partial charge in [-0.3, -0.25) is 0 Å². The average molecular weight is 200 g/mol. The van der Waals surface area contributed by atoms with E-state index in [9.17, 15) is 8.78 Å². The SMILES string of the molecule is NCCC[C@H](N)c1cccc(F)c1F. The molecule has 0 aliphatic carbocycles. The van der Waals surface area contributed by atoms with Gasteiger partial charge in [0.15, 0.2) is 11.6 Å². The third kappa shape index (κ3) is 2.49. The van der Waals surface area contributed by atoms with Crippen molar-refractivity contribution < 1.29 is 8.78 Å². The Morgan fingerprint density at radius 3 is 2.64 bits per heavy atom. The lowest BCUT2D eigenvalue weighted by atomic mass is 10.0. The molecule has 0 aliphatic heterocycles. The van der Waals surface area contributed by atoms with E-state index < -0.39 is 17.7 Å². The molecule has 0 heterocycles. The van der Waals surface area contributed by atoms with Crippen LogP contribution >= 0.6 is 0 Å². The van der Waals surface area contributed by atoms with E-state index in [0.29, 0.717) is 19.4 Å². The Balaban J connectivity index is 2.79. The smallest absolute Gasteiger partial charge is 0.163 e. The number of halogens is 2. The molecule has 2 nitrogen and oxygen atoms in total. The second-order valence-electron chi connectivity index (χ2n) is 3.18. The quantitative estimate of drug-likeness (QED) is 0.777. The molecule has 0 amide bonds. The zero-order valence-corrected chi connectivity index (χ0v) is 7.84. The van der Waals surface area contributed by atoms with Crippen molar-refractivity contribution in [3.8, 4) is 0 Å². The van der Waals surface area contributed by atoms with Gasteiger partial charge in [-0.25, -0.2) is 8.78 Å². The van der Waals surface area contributed by atoms with Crippen LogP contribution in [0.15, 0.2) is 18.2 Å². The molecule has 78 valence electrons. The van der Waals surface area contributed by atoms with Crippen molar-refractivity contribution in [1.29, 1.82) is 0 Å². The van der Waals surface area contributed by atoms with Crippen LogP contribution in [0.1, 0.15) is 24.4 Å². The highest BCUT2D eigenvalue weighted by Gasteiger charge is 2.13. The Morgan fingerprint density at radius 2 is 2.00 bits per heavy atom. The van der Waals surface area contributed by atoms with Crippen molar-refractivity contribution in [2.75, 3.05) is 6.54 Å². The number of rotatable bonds is 4. The van der Waals surface area contributed by atoms with Gasteiger partial charge in [0, 0.05) is 11.6 Å². The van der Waals surface area contributed by atoms with Gasteiger partial charge >= 0.3 is 0 Å². The van der Waals surface area contributed by atoms with E-state index in [2.05, 4.69) is 0 Å². The first-order valence-electron chi connectivity index (χ1n) is 4.56. The highest BCUT2D eigenvalue weighted by molar-refractivity contribution is 5.22. The maximum atomic E-state index is 13.2. The third-order valence-electron chi connectivity index (χ3n) is 2.10. The van der Waals surface area contributed by atoms with Crippen LogP contribution in [0, 0.1) is 11.6 Å². The van der Waals surface area contributed by atoms with Crippen molar-refractivity contribution in [2.24, 2.45) is 11.5 Å². The van der Waals surface area contributed by atoms with Crippen molar-refractivity contribution in [3.05, 3.63) is 35.4 Å². The fourth-order valence-electron chi connectivity index (χ4n) is 1.30. The van der Waals surface area contributed by atoms with Crippen LogP contribution in [0.5, 0.6) is 0 Å². The summed E-state index contributed by atoms with van der Waals surface area (Å²) < 4.78 is 26.0. The lowest BCUT2D eigenvalue weighted by Gasteiger charge is -2.12. The summed E-state index contributed by atoms with van der Waals surface area (Å²) in [5, 5.41) is 0. The number of benzene rings is 1. The van der Waals surface area contributed by atoms with Crippen molar-refractivity contribution in [2.45, 2.75) is 18.9 Å². The highest BCUT2D eigenvalue weighted by atomic mass is 19.2. The van der Waals surface area contributed by atoms with Gasteiger partial charge in [-0.1, -0.05) is 12.1 Å². The minimum Gasteiger partial charge on any atom is -0.330 e. The summed E-state index contributed by atoms with van der Waals surface area (Å²) in [6.07, 6.45) is 1.27. The van der Waals surface area contributed by atoms with Gasteiger partial charge in [-0.15, -0.1) is 0 Å². The third-order valence-corrected chi connectivity index (χ3v) is 2.10. The predicted molar refractivity (Wildman–Crippen MR) is 51.6 cm³/mol. The van der Waals surface area contributed by atoms with Crippen LogP contribution in [0.3, 0.4) is 0 Å². The molecule has 0 bridgehead atoms. The summed E-state index contributed by atoms with van der Waals surface area (Å²) in [6, 6.07) is 3.55. The van der Waals surface area contributed by atoms with Crippen molar-refractivity contribution in [3.63, 3.8) is 0 Å². The van der Waals surface area contributed by atoms with Crippen LogP contribution < -0.4 is 11.5 Å². The van der Waals surface area contributed by atoms with Gasteiger partial charge in [0.1, 0.15) is 0 Å². The van der Waals surface area contributed by atoms with Gasteiger partial charge in [0.05, 0.1) is 0 Å². The van der Waals surface area contributed by atoms with Gasteiger partial charge in [0.25, 0.3) is 0 Å². The first-order chi connectivity index (χ1) is 6.66. The Morgan fingerprint density at radius 1 is 1.29 bits per heavy atom. The highest BCUT2D eigenvalue weighted by Crippen LogP contribution is 2.20. The zero-order valence-electron chi connectivity index (χ0n) is 7.84. The molecule has 0 saturated carbocycles. The molecule has 0 aromatic heterocycles. The van der Waals surface area contributed by atoms with Gasteiger partial charge < -0.3 is 11.5 Å². The molecular formula is C10H14F2N2. The van der Waals surface area contributed by atoms with E-state index >= 15 is 0 Å². The normalized spacial score (nSPS) is 12.9. The molecule has 14 heavy (non-hydrogen) atoms. The molecule has 1 rings (SSSR count). The van der Waals surface area contributed by atoms with E-state index in [0.717, 1.165) is 6.07 Å². The Labute approximate surface area is 81.9 Å². The second kappa shape index (κ2) is 5.02. The molecule has 4 N–H and O–H groups in total. The molecule has 0 radical (unpaired) electrons. The standard InChI is InChI=1S/C10H14F2N2/c11-8-4-1-3-7(10(8)12)9(14)5-2-6-13/h1,3-4,9H,2,5-6,13-14H2/t9-/m0/s1. The fourth-order valence-corrected chi connectivity index (χ4v) is 1.30. The minimum atomic E-state index is -0.856. The summed E-state index contributed by atoms with van der Waals surface area (Å²) in [6.45, 7) is 0.505. The van der Waals surface area contributed by atoms with Gasteiger partial charge in [-0.2, -0.15) is 0 Å². The molecular weight excluding hydrogens is 186 g/mol. The number of nitrogens with two attached hydrogens (primary N) is 2. The Hall–Kier alpha value is -1.00. The lowest BCUT2D eigenvalue weighted by Crippen LogP contribution is -2.14. The maximum Gasteiger partial charge on any atom is 0.163 e. The summed E-state index contributed by atoms with van der Waals surface area (Å²) in [5.41, 5.74) is 11.2. The Bertz CT molecular complexity index is 302. The zero-order chi connectivity index (χ0) is 10.6. The molecule has 1 aromatic carbocycles. The number of hydrogen-bond acceptors (Lipinski definition) is 2. The van der Waals surface area contributed by atoms with Crippen molar-refractivity contribution >= 4 is 0 Å². The Kier molecular flexibility index (Phi) is 3.98. The summed E-state index contributed by atoms with van der Waals surface area (Å²) >= 11 is 0. The average Bonchev–Trinajstić information content (AvgIpc) is 2.18. The predicted octanol–water partition coefficient (Wildman–Crippen LogP) is 1.70. The minimum absolute atomic E-state index is 0.221. The molecule has 0 fully saturated rings. The van der Waals surface area contributed by atoms with Crippen molar-refractivity contribution in [1.82, 2.24) is 0 Å². The van der Waals surface area contributed by atoms with Crippen LogP contribution in [-0.2, 0) is 0 Å². The first kappa shape index (κ1) is 11.1. The first-order valence-corrected chi connectivity index (χ1v) is 4.56. The van der Waals surface area contributed by atoms with E-state index in [1.54, 1.807) is 0 Å². The fraction of sp³-hybridized carbons (Fsp3) is 0.400. The topological polar surface area (TPSA) is 52.0 Å². The second-order valence-corrected chi connectivity index (χ2v) is 3.18. The van der Waals surface area contributed by atoms with Crippen LogP contribution in [0.25, 0.3) is 0 Å². The van der Waals surface area contributed by atoms with Gasteiger partial charge in [0.2, 0.25) is 0 Å². The van der Waals surface area contributed by atoms with E-state index in [-0.39, 0.29) is 5.56 Å². The largest absolute Gasteiger partial charge is 0.330 e. The molecule has 0 saturated heterocycles. The van der Waals surface area contributed by atoms with E-state index in [4.69, 9.17) is 11.5 Å². The van der Waals surface area contributed by atoms with Crippen LogP contribution in [0.4, 0.5) is 8.78 Å². The molecule has 0 aliphatic rings. The molecule has 4 heteroatoms. The summed E-state index contributed by atoms with van der Waals surface area (Å²) in [7, 11) is 0. The van der Waals surface area contributed by atoms with Crippen LogP contribution in [0.2, 0.25) is 0 Å². The lowest BCUT2D eigenvalue weighted by molar-refractivity contribution is 0.481. The monoisotopic (exact) mass is 200 g/mol. The maximum absolute atomic E-state index is 13.2. The molecule has 1 atom stereocenters. The number of hydrogen-bond donors (Lipinski definition) is 2. The molecule has 0 spiro atoms. The summed E-state index contributed by atoms with van der Waals surface area (Å²) in [5.74, 6) is -1.71.